The minimum absolute atomic E-state index is 0.155. The summed E-state index contributed by atoms with van der Waals surface area (Å²) in [5, 5.41) is 5.15. The number of rotatable bonds is 8. The molecule has 4 N–H and O–H groups in total. The molecular formula is C20H22FN3O3. The Hall–Kier alpha value is -3.22. The molecule has 0 bridgehead atoms. The lowest BCUT2D eigenvalue weighted by Crippen LogP contribution is -2.54. The van der Waals surface area contributed by atoms with Gasteiger partial charge in [-0.2, -0.15) is 0 Å². The fourth-order valence-corrected chi connectivity index (χ4v) is 2.66. The van der Waals surface area contributed by atoms with E-state index in [1.54, 1.807) is 0 Å². The third kappa shape index (κ3) is 6.54. The lowest BCUT2D eigenvalue weighted by molar-refractivity contribution is -0.130. The van der Waals surface area contributed by atoms with Crippen molar-refractivity contribution in [1.29, 1.82) is 0 Å². The summed E-state index contributed by atoms with van der Waals surface area (Å²) in [5.41, 5.74) is 6.93. The van der Waals surface area contributed by atoms with E-state index in [0.717, 1.165) is 5.56 Å². The smallest absolute Gasteiger partial charge is 0.243 e. The molecule has 0 heterocycles. The van der Waals surface area contributed by atoms with Crippen molar-refractivity contribution in [1.82, 2.24) is 10.6 Å². The molecule has 0 saturated carbocycles. The lowest BCUT2D eigenvalue weighted by Gasteiger charge is -2.22. The van der Waals surface area contributed by atoms with E-state index in [0.29, 0.717) is 5.56 Å². The Kier molecular flexibility index (Phi) is 7.05. The summed E-state index contributed by atoms with van der Waals surface area (Å²) in [4.78, 5) is 35.9. The van der Waals surface area contributed by atoms with Crippen molar-refractivity contribution in [3.8, 4) is 0 Å². The molecule has 2 aromatic rings. The number of hydrogen-bond acceptors (Lipinski definition) is 3. The maximum absolute atomic E-state index is 13.1. The number of nitrogens with one attached hydrogen (secondary N) is 2. The lowest BCUT2D eigenvalue weighted by atomic mass is 10.0. The third-order valence-electron chi connectivity index (χ3n) is 3.99. The average Bonchev–Trinajstić information content (AvgIpc) is 2.62. The van der Waals surface area contributed by atoms with Crippen LogP contribution in [0.5, 0.6) is 0 Å². The molecule has 0 aliphatic heterocycles. The molecule has 0 saturated heterocycles. The van der Waals surface area contributed by atoms with Gasteiger partial charge in [0.05, 0.1) is 0 Å². The van der Waals surface area contributed by atoms with Crippen molar-refractivity contribution in [2.45, 2.75) is 31.8 Å². The van der Waals surface area contributed by atoms with Crippen LogP contribution in [-0.2, 0) is 27.2 Å². The van der Waals surface area contributed by atoms with E-state index in [2.05, 4.69) is 10.6 Å². The van der Waals surface area contributed by atoms with Gasteiger partial charge in [-0.15, -0.1) is 0 Å². The molecule has 7 heteroatoms. The van der Waals surface area contributed by atoms with Crippen LogP contribution in [-0.4, -0.2) is 29.8 Å². The van der Waals surface area contributed by atoms with Crippen molar-refractivity contribution < 1.29 is 18.8 Å². The van der Waals surface area contributed by atoms with Crippen molar-refractivity contribution >= 4 is 17.7 Å². The van der Waals surface area contributed by atoms with E-state index < -0.39 is 35.6 Å². The van der Waals surface area contributed by atoms with E-state index in [4.69, 9.17) is 5.73 Å². The first-order valence-corrected chi connectivity index (χ1v) is 8.50. The molecule has 0 unspecified atom stereocenters. The highest BCUT2D eigenvalue weighted by molar-refractivity contribution is 5.91. The molecule has 2 aromatic carbocycles. The zero-order chi connectivity index (χ0) is 19.8. The van der Waals surface area contributed by atoms with Crippen molar-refractivity contribution in [2.24, 2.45) is 5.73 Å². The summed E-state index contributed by atoms with van der Waals surface area (Å²) >= 11 is 0. The normalized spacial score (nSPS) is 12.7. The standard InChI is InChI=1S/C20H22FN3O3/c1-13(25)23-18(12-15-7-9-16(21)10-8-15)20(27)24-17(19(22)26)11-14-5-3-2-4-6-14/h2-10,17-18H,11-12H2,1H3,(H2,22,26)(H,23,25)(H,24,27)/t17-,18+/m0/s1. The number of carbonyl (C=O) groups excluding carboxylic acids is 3. The van der Waals surface area contributed by atoms with Crippen molar-refractivity contribution in [2.75, 3.05) is 0 Å². The van der Waals surface area contributed by atoms with Crippen LogP contribution in [0, 0.1) is 5.82 Å². The van der Waals surface area contributed by atoms with Crippen molar-refractivity contribution in [3.05, 3.63) is 71.5 Å². The first kappa shape index (κ1) is 20.1. The van der Waals surface area contributed by atoms with Crippen LogP contribution < -0.4 is 16.4 Å². The summed E-state index contributed by atoms with van der Waals surface area (Å²) in [6.07, 6.45) is 0.397. The monoisotopic (exact) mass is 371 g/mol. The van der Waals surface area contributed by atoms with E-state index in [1.807, 2.05) is 30.3 Å². The van der Waals surface area contributed by atoms with Gasteiger partial charge < -0.3 is 16.4 Å². The van der Waals surface area contributed by atoms with Crippen LogP contribution in [0.15, 0.2) is 54.6 Å². The number of hydrogen-bond donors (Lipinski definition) is 3. The van der Waals surface area contributed by atoms with E-state index >= 15 is 0 Å². The molecule has 2 rings (SSSR count). The minimum Gasteiger partial charge on any atom is -0.368 e. The van der Waals surface area contributed by atoms with Crippen LogP contribution in [0.4, 0.5) is 4.39 Å². The first-order valence-electron chi connectivity index (χ1n) is 8.50. The number of amides is 3. The molecule has 2 atom stereocenters. The molecule has 0 fully saturated rings. The Morgan fingerprint density at radius 1 is 0.889 bits per heavy atom. The fourth-order valence-electron chi connectivity index (χ4n) is 2.66. The van der Waals surface area contributed by atoms with Gasteiger partial charge in [0.25, 0.3) is 0 Å². The number of halogens is 1. The second kappa shape index (κ2) is 9.47. The van der Waals surface area contributed by atoms with Crippen LogP contribution in [0.2, 0.25) is 0 Å². The van der Waals surface area contributed by atoms with Crippen LogP contribution in [0.25, 0.3) is 0 Å². The second-order valence-corrected chi connectivity index (χ2v) is 6.24. The van der Waals surface area contributed by atoms with Gasteiger partial charge >= 0.3 is 0 Å². The number of primary amides is 1. The Morgan fingerprint density at radius 2 is 1.44 bits per heavy atom. The highest BCUT2D eigenvalue weighted by Gasteiger charge is 2.25. The highest BCUT2D eigenvalue weighted by Crippen LogP contribution is 2.08. The maximum Gasteiger partial charge on any atom is 0.243 e. The molecule has 3 amide bonds. The largest absolute Gasteiger partial charge is 0.368 e. The Bertz CT molecular complexity index is 794. The molecule has 142 valence electrons. The molecule has 27 heavy (non-hydrogen) atoms. The predicted molar refractivity (Wildman–Crippen MR) is 99.0 cm³/mol. The quantitative estimate of drug-likeness (QED) is 0.647. The summed E-state index contributed by atoms with van der Waals surface area (Å²) in [5.74, 6) is -1.99. The molecule has 0 aliphatic rings. The zero-order valence-corrected chi connectivity index (χ0v) is 14.9. The zero-order valence-electron chi connectivity index (χ0n) is 14.9. The van der Waals surface area contributed by atoms with Gasteiger partial charge in [-0.3, -0.25) is 14.4 Å². The SMILES string of the molecule is CC(=O)N[C@H](Cc1ccc(F)cc1)C(=O)N[C@@H](Cc1ccccc1)C(N)=O. The van der Waals surface area contributed by atoms with Gasteiger partial charge in [0.2, 0.25) is 17.7 Å². The average molecular weight is 371 g/mol. The van der Waals surface area contributed by atoms with Gasteiger partial charge in [0.15, 0.2) is 0 Å². The molecule has 0 spiro atoms. The Balaban J connectivity index is 2.10. The van der Waals surface area contributed by atoms with Gasteiger partial charge in [-0.25, -0.2) is 4.39 Å². The van der Waals surface area contributed by atoms with E-state index in [9.17, 15) is 18.8 Å². The van der Waals surface area contributed by atoms with E-state index in [-0.39, 0.29) is 12.8 Å². The number of benzene rings is 2. The Labute approximate surface area is 156 Å². The van der Waals surface area contributed by atoms with Gasteiger partial charge in [-0.1, -0.05) is 42.5 Å². The summed E-state index contributed by atoms with van der Waals surface area (Å²) in [6, 6.07) is 12.9. The molecule has 0 radical (unpaired) electrons. The second-order valence-electron chi connectivity index (χ2n) is 6.24. The summed E-state index contributed by atoms with van der Waals surface area (Å²) in [7, 11) is 0. The predicted octanol–water partition coefficient (Wildman–Crippen LogP) is 1.09. The molecule has 0 aromatic heterocycles. The minimum atomic E-state index is -0.913. The topological polar surface area (TPSA) is 101 Å². The first-order chi connectivity index (χ1) is 12.8. The molecule has 0 aliphatic carbocycles. The van der Waals surface area contributed by atoms with Gasteiger partial charge in [-0.05, 0) is 23.3 Å². The fraction of sp³-hybridized carbons (Fsp3) is 0.250. The van der Waals surface area contributed by atoms with Crippen molar-refractivity contribution in [3.63, 3.8) is 0 Å². The molecule has 6 nitrogen and oxygen atoms in total. The van der Waals surface area contributed by atoms with E-state index in [1.165, 1.54) is 31.2 Å². The number of carbonyl (C=O) groups is 3. The Morgan fingerprint density at radius 3 is 2.00 bits per heavy atom. The van der Waals surface area contributed by atoms with Crippen LogP contribution in [0.3, 0.4) is 0 Å². The van der Waals surface area contributed by atoms with Crippen LogP contribution >= 0.6 is 0 Å². The van der Waals surface area contributed by atoms with Crippen LogP contribution in [0.1, 0.15) is 18.1 Å². The summed E-state index contributed by atoms with van der Waals surface area (Å²) in [6.45, 7) is 1.29. The number of nitrogens with two attached hydrogens (primary N) is 1. The molecular weight excluding hydrogens is 349 g/mol. The highest BCUT2D eigenvalue weighted by atomic mass is 19.1. The van der Waals surface area contributed by atoms with Gasteiger partial charge in [0, 0.05) is 19.8 Å². The maximum atomic E-state index is 13.1. The van der Waals surface area contributed by atoms with Gasteiger partial charge in [0.1, 0.15) is 17.9 Å². The summed E-state index contributed by atoms with van der Waals surface area (Å²) < 4.78 is 13.1. The third-order valence-corrected chi connectivity index (χ3v) is 3.99.